The number of para-hydroxylation sites is 1. The summed E-state index contributed by atoms with van der Waals surface area (Å²) in [7, 11) is 0. The van der Waals surface area contributed by atoms with Crippen LogP contribution in [0.5, 0.6) is 11.5 Å². The number of hydrogen-bond acceptors (Lipinski definition) is 4. The van der Waals surface area contributed by atoms with Crippen LogP contribution in [0.2, 0.25) is 0 Å². The van der Waals surface area contributed by atoms with E-state index in [1.165, 1.54) is 0 Å². The summed E-state index contributed by atoms with van der Waals surface area (Å²) in [5.41, 5.74) is 6.11. The second-order valence-corrected chi connectivity index (χ2v) is 8.48. The third-order valence-corrected chi connectivity index (χ3v) is 5.78. The van der Waals surface area contributed by atoms with Crippen LogP contribution in [0.25, 0.3) is 23.0 Å². The SMILES string of the molecule is CCCOc1ccc(-c2nn(-c3ccccc3)cc2/C=C2\Oc3ccc(C)cc3C2=O)cc1C. The second-order valence-electron chi connectivity index (χ2n) is 8.48. The molecule has 0 N–H and O–H groups in total. The van der Waals surface area contributed by atoms with E-state index < -0.39 is 0 Å². The predicted molar refractivity (Wildman–Crippen MR) is 134 cm³/mol. The number of Topliss-reactive ketones (excluding diaryl/α,β-unsaturated/α-hetero) is 1. The van der Waals surface area contributed by atoms with Crippen LogP contribution < -0.4 is 9.47 Å². The van der Waals surface area contributed by atoms with Crippen molar-refractivity contribution in [1.29, 1.82) is 0 Å². The number of fused-ring (bicyclic) bond motifs is 1. The van der Waals surface area contributed by atoms with Gasteiger partial charge in [-0.25, -0.2) is 4.68 Å². The molecule has 0 atom stereocenters. The molecule has 1 aliphatic heterocycles. The fourth-order valence-corrected chi connectivity index (χ4v) is 4.04. The minimum absolute atomic E-state index is 0.114. The van der Waals surface area contributed by atoms with E-state index in [2.05, 4.69) is 13.0 Å². The van der Waals surface area contributed by atoms with Gasteiger partial charge in [0.05, 0.1) is 17.9 Å². The Hall–Kier alpha value is -4.12. The number of aryl methyl sites for hydroxylation is 2. The second kappa shape index (κ2) is 9.02. The molecule has 1 aromatic heterocycles. The summed E-state index contributed by atoms with van der Waals surface area (Å²) in [4.78, 5) is 13.0. The lowest BCUT2D eigenvalue weighted by atomic mass is 10.0. The molecule has 2 heterocycles. The molecule has 1 aliphatic rings. The van der Waals surface area contributed by atoms with Crippen molar-refractivity contribution in [3.8, 4) is 28.4 Å². The number of hydrogen-bond donors (Lipinski definition) is 0. The lowest BCUT2D eigenvalue weighted by molar-refractivity contribution is 0.101. The molecule has 34 heavy (non-hydrogen) atoms. The van der Waals surface area contributed by atoms with Gasteiger partial charge in [0.2, 0.25) is 5.78 Å². The van der Waals surface area contributed by atoms with Crippen LogP contribution in [-0.2, 0) is 0 Å². The van der Waals surface area contributed by atoms with Crippen molar-refractivity contribution < 1.29 is 14.3 Å². The summed E-state index contributed by atoms with van der Waals surface area (Å²) < 4.78 is 13.6. The van der Waals surface area contributed by atoms with E-state index in [1.54, 1.807) is 6.08 Å². The van der Waals surface area contributed by atoms with Crippen LogP contribution in [-0.4, -0.2) is 22.2 Å². The molecule has 4 aromatic rings. The Kier molecular flexibility index (Phi) is 5.76. The van der Waals surface area contributed by atoms with Crippen LogP contribution in [0.4, 0.5) is 0 Å². The lowest BCUT2D eigenvalue weighted by Crippen LogP contribution is -1.99. The van der Waals surface area contributed by atoms with Gasteiger partial charge >= 0.3 is 0 Å². The van der Waals surface area contributed by atoms with Crippen molar-refractivity contribution in [2.75, 3.05) is 6.61 Å². The molecular weight excluding hydrogens is 424 g/mol. The molecule has 0 radical (unpaired) electrons. The summed E-state index contributed by atoms with van der Waals surface area (Å²) in [6.45, 7) is 6.77. The topological polar surface area (TPSA) is 53.4 Å². The van der Waals surface area contributed by atoms with Gasteiger partial charge in [0.15, 0.2) is 5.76 Å². The van der Waals surface area contributed by atoms with Gasteiger partial charge in [0.1, 0.15) is 17.2 Å². The normalized spacial score (nSPS) is 13.7. The number of ether oxygens (including phenoxy) is 2. The van der Waals surface area contributed by atoms with Gasteiger partial charge in [-0.05, 0) is 74.4 Å². The van der Waals surface area contributed by atoms with Gasteiger partial charge in [-0.15, -0.1) is 0 Å². The van der Waals surface area contributed by atoms with Crippen molar-refractivity contribution in [1.82, 2.24) is 9.78 Å². The number of aromatic nitrogens is 2. The maximum absolute atomic E-state index is 13.0. The van der Waals surface area contributed by atoms with Crippen molar-refractivity contribution in [3.05, 3.63) is 101 Å². The Morgan fingerprint density at radius 2 is 1.85 bits per heavy atom. The van der Waals surface area contributed by atoms with Gasteiger partial charge in [-0.3, -0.25) is 4.79 Å². The number of benzene rings is 3. The highest BCUT2D eigenvalue weighted by Crippen LogP contribution is 2.35. The first-order chi connectivity index (χ1) is 16.5. The van der Waals surface area contributed by atoms with Crippen molar-refractivity contribution >= 4 is 11.9 Å². The molecule has 0 bridgehead atoms. The van der Waals surface area contributed by atoms with Crippen molar-refractivity contribution in [2.24, 2.45) is 0 Å². The third kappa shape index (κ3) is 4.13. The van der Waals surface area contributed by atoms with E-state index in [-0.39, 0.29) is 5.78 Å². The van der Waals surface area contributed by atoms with Crippen LogP contribution in [0, 0.1) is 13.8 Å². The number of carbonyl (C=O) groups is 1. The fraction of sp³-hybridized carbons (Fsp3) is 0.172. The van der Waals surface area contributed by atoms with E-state index in [4.69, 9.17) is 14.6 Å². The highest BCUT2D eigenvalue weighted by atomic mass is 16.5. The van der Waals surface area contributed by atoms with E-state index in [9.17, 15) is 4.79 Å². The minimum atomic E-state index is -0.114. The van der Waals surface area contributed by atoms with E-state index in [0.717, 1.165) is 45.8 Å². The average Bonchev–Trinajstić information content (AvgIpc) is 3.40. The molecule has 5 nitrogen and oxygen atoms in total. The highest BCUT2D eigenvalue weighted by molar-refractivity contribution is 6.14. The van der Waals surface area contributed by atoms with Crippen molar-refractivity contribution in [3.63, 3.8) is 0 Å². The molecule has 0 spiro atoms. The van der Waals surface area contributed by atoms with E-state index in [1.807, 2.05) is 85.4 Å². The molecule has 0 amide bonds. The smallest absolute Gasteiger partial charge is 0.231 e. The predicted octanol–water partition coefficient (Wildman–Crippen LogP) is 6.56. The fourth-order valence-electron chi connectivity index (χ4n) is 4.04. The first kappa shape index (κ1) is 21.7. The maximum Gasteiger partial charge on any atom is 0.231 e. The number of ketones is 1. The molecule has 170 valence electrons. The summed E-state index contributed by atoms with van der Waals surface area (Å²) >= 11 is 0. The average molecular weight is 451 g/mol. The zero-order chi connectivity index (χ0) is 23.7. The van der Waals surface area contributed by atoms with Crippen LogP contribution in [0.15, 0.2) is 78.7 Å². The quantitative estimate of drug-likeness (QED) is 0.312. The number of allylic oxidation sites excluding steroid dienone is 1. The molecule has 0 unspecified atom stereocenters. The molecule has 0 saturated carbocycles. The van der Waals surface area contributed by atoms with Crippen molar-refractivity contribution in [2.45, 2.75) is 27.2 Å². The lowest BCUT2D eigenvalue weighted by Gasteiger charge is -2.09. The van der Waals surface area contributed by atoms with Crippen LogP contribution in [0.3, 0.4) is 0 Å². The Morgan fingerprint density at radius 1 is 1.03 bits per heavy atom. The zero-order valence-electron chi connectivity index (χ0n) is 19.5. The molecule has 3 aromatic carbocycles. The van der Waals surface area contributed by atoms with Crippen LogP contribution in [0.1, 0.15) is 40.4 Å². The molecular formula is C29H26N2O3. The molecule has 0 fully saturated rings. The first-order valence-corrected chi connectivity index (χ1v) is 11.5. The van der Waals surface area contributed by atoms with Gasteiger partial charge in [-0.1, -0.05) is 36.8 Å². The maximum atomic E-state index is 13.0. The monoisotopic (exact) mass is 450 g/mol. The van der Waals surface area contributed by atoms with Crippen LogP contribution >= 0.6 is 0 Å². The molecule has 5 heteroatoms. The Bertz CT molecular complexity index is 1400. The number of carbonyl (C=O) groups excluding carboxylic acids is 1. The van der Waals surface area contributed by atoms with Gasteiger partial charge in [0, 0.05) is 17.3 Å². The van der Waals surface area contributed by atoms with E-state index >= 15 is 0 Å². The molecule has 0 saturated heterocycles. The Balaban J connectivity index is 1.58. The number of nitrogens with zero attached hydrogens (tertiary/aromatic N) is 2. The minimum Gasteiger partial charge on any atom is -0.493 e. The largest absolute Gasteiger partial charge is 0.493 e. The Labute approximate surface area is 199 Å². The summed E-state index contributed by atoms with van der Waals surface area (Å²) in [5, 5.41) is 4.88. The molecule has 5 rings (SSSR count). The van der Waals surface area contributed by atoms with Gasteiger partial charge < -0.3 is 9.47 Å². The third-order valence-electron chi connectivity index (χ3n) is 5.78. The number of rotatable bonds is 6. The summed E-state index contributed by atoms with van der Waals surface area (Å²) in [6.07, 6.45) is 4.67. The highest BCUT2D eigenvalue weighted by Gasteiger charge is 2.28. The Morgan fingerprint density at radius 3 is 2.62 bits per heavy atom. The summed E-state index contributed by atoms with van der Waals surface area (Å²) in [5.74, 6) is 1.64. The van der Waals surface area contributed by atoms with Gasteiger partial charge in [0.25, 0.3) is 0 Å². The van der Waals surface area contributed by atoms with Gasteiger partial charge in [-0.2, -0.15) is 5.10 Å². The standard InChI is InChI=1S/C29H26N2O3/c1-4-14-33-25-13-11-21(16-20(25)3)28-22(18-31(30-28)23-8-6-5-7-9-23)17-27-29(32)24-15-19(2)10-12-26(24)34-27/h5-13,15-18H,4,14H2,1-3H3/b27-17-. The zero-order valence-corrected chi connectivity index (χ0v) is 19.5. The summed E-state index contributed by atoms with van der Waals surface area (Å²) in [6, 6.07) is 21.6. The first-order valence-electron chi connectivity index (χ1n) is 11.5. The van der Waals surface area contributed by atoms with E-state index in [0.29, 0.717) is 23.7 Å². The molecule has 0 aliphatic carbocycles.